The summed E-state index contributed by atoms with van der Waals surface area (Å²) in [5.41, 5.74) is 0.128. The van der Waals surface area contributed by atoms with E-state index < -0.39 is 5.57 Å². The highest BCUT2D eigenvalue weighted by Crippen LogP contribution is 2.35. The molecule has 2 aromatic carbocycles. The summed E-state index contributed by atoms with van der Waals surface area (Å²) in [6.07, 6.45) is 4.10. The van der Waals surface area contributed by atoms with E-state index in [4.69, 9.17) is 21.3 Å². The van der Waals surface area contributed by atoms with Crippen LogP contribution in [0, 0.1) is 0 Å². The number of fused-ring (bicyclic) bond motifs is 3. The Balaban J connectivity index is 1.53. The molecule has 0 saturated heterocycles. The van der Waals surface area contributed by atoms with E-state index in [0.717, 1.165) is 28.9 Å². The Morgan fingerprint density at radius 3 is 2.74 bits per heavy atom. The van der Waals surface area contributed by atoms with E-state index >= 15 is 0 Å². The first-order valence-corrected chi connectivity index (χ1v) is 11.3. The highest BCUT2D eigenvalue weighted by Gasteiger charge is 2.28. The molecule has 1 amide bonds. The highest BCUT2D eigenvalue weighted by molar-refractivity contribution is 6.20. The topological polar surface area (TPSA) is 91.2 Å². The molecule has 0 bridgehead atoms. The van der Waals surface area contributed by atoms with Crippen LogP contribution < -0.4 is 10.1 Å². The lowest BCUT2D eigenvalue weighted by Crippen LogP contribution is -2.23. The minimum atomic E-state index is -3.82. The monoisotopic (exact) mass is 499 g/mol. The summed E-state index contributed by atoms with van der Waals surface area (Å²) in [5.74, 6) is 0.277. The number of rotatable bonds is 6. The van der Waals surface area contributed by atoms with E-state index in [2.05, 4.69) is 31.7 Å². The maximum atomic E-state index is 13.1. The smallest absolute Gasteiger partial charge is 0.420 e. The maximum Gasteiger partial charge on any atom is 0.487 e. The molecule has 8 nitrogen and oxygen atoms in total. The molecule has 4 aromatic rings. The van der Waals surface area contributed by atoms with Crippen molar-refractivity contribution in [3.63, 3.8) is 0 Å². The van der Waals surface area contributed by atoms with E-state index in [0.29, 0.717) is 30.0 Å². The molecule has 0 radical (unpaired) electrons. The Kier molecular flexibility index (Phi) is 6.08. The molecule has 0 saturated carbocycles. The Hall–Kier alpha value is -3.63. The molecule has 1 aliphatic heterocycles. The van der Waals surface area contributed by atoms with Crippen LogP contribution in [0.3, 0.4) is 0 Å². The molecule has 1 N–H and O–H groups in total. The molecule has 3 heterocycles. The van der Waals surface area contributed by atoms with Crippen molar-refractivity contribution < 1.29 is 23.0 Å². The highest BCUT2D eigenvalue weighted by atomic mass is 35.5. The number of hydrogen-bond donors (Lipinski definition) is 1. The van der Waals surface area contributed by atoms with E-state index in [1.54, 1.807) is 24.5 Å². The molecule has 35 heavy (non-hydrogen) atoms. The fourth-order valence-electron chi connectivity index (χ4n) is 4.18. The standard InChI is InChI=1S/C24H20ClF2N5O3/c1-2-17-12-34-13-21-31-20-10-15(9-19(22(20)32(17)21)14-7-8-28-29-11-14)23(33)30-16-3-5-18(6-4-16)35-24(25,26)27/h3-11,17H,2,12-13H2,1H3,(H,30,33)/t17-/m1/s1. The third-order valence-electron chi connectivity index (χ3n) is 5.74. The van der Waals surface area contributed by atoms with Crippen LogP contribution in [0.5, 0.6) is 5.75 Å². The van der Waals surface area contributed by atoms with Crippen LogP contribution in [0.15, 0.2) is 54.9 Å². The Bertz CT molecular complexity index is 1370. The number of hydrogen-bond acceptors (Lipinski definition) is 6. The predicted octanol–water partition coefficient (Wildman–Crippen LogP) is 5.39. The summed E-state index contributed by atoms with van der Waals surface area (Å²) < 4.78 is 37.9. The van der Waals surface area contributed by atoms with Gasteiger partial charge in [-0.3, -0.25) is 4.79 Å². The number of halogens is 3. The van der Waals surface area contributed by atoms with Gasteiger partial charge in [0.25, 0.3) is 5.91 Å². The van der Waals surface area contributed by atoms with Crippen LogP contribution >= 0.6 is 11.6 Å². The van der Waals surface area contributed by atoms with Gasteiger partial charge in [-0.05, 0) is 48.9 Å². The van der Waals surface area contributed by atoms with Crippen LogP contribution in [-0.4, -0.2) is 37.8 Å². The van der Waals surface area contributed by atoms with Crippen LogP contribution in [0.4, 0.5) is 14.5 Å². The summed E-state index contributed by atoms with van der Waals surface area (Å²) in [5, 5.41) is 10.6. The zero-order valence-electron chi connectivity index (χ0n) is 18.5. The zero-order valence-corrected chi connectivity index (χ0v) is 19.3. The molecular formula is C24H20ClF2N5O3. The lowest BCUT2D eigenvalue weighted by atomic mass is 10.0. The van der Waals surface area contributed by atoms with Gasteiger partial charge in [0, 0.05) is 34.0 Å². The number of aromatic nitrogens is 4. The van der Waals surface area contributed by atoms with Crippen LogP contribution in [0.1, 0.15) is 35.6 Å². The van der Waals surface area contributed by atoms with E-state index in [1.165, 1.54) is 24.3 Å². The van der Waals surface area contributed by atoms with Gasteiger partial charge in [0.05, 0.1) is 36.1 Å². The summed E-state index contributed by atoms with van der Waals surface area (Å²) >= 11 is 4.79. The van der Waals surface area contributed by atoms with Gasteiger partial charge in [0.1, 0.15) is 18.2 Å². The number of benzene rings is 2. The Morgan fingerprint density at radius 1 is 1.26 bits per heavy atom. The van der Waals surface area contributed by atoms with Gasteiger partial charge in [-0.1, -0.05) is 6.92 Å². The molecule has 0 fully saturated rings. The molecule has 0 spiro atoms. The lowest BCUT2D eigenvalue weighted by Gasteiger charge is -2.25. The first-order valence-electron chi connectivity index (χ1n) is 10.9. The minimum Gasteiger partial charge on any atom is -0.420 e. The second-order valence-corrected chi connectivity index (χ2v) is 8.46. The van der Waals surface area contributed by atoms with Crippen molar-refractivity contribution in [2.24, 2.45) is 0 Å². The van der Waals surface area contributed by atoms with Gasteiger partial charge in [0.2, 0.25) is 0 Å². The van der Waals surface area contributed by atoms with Crippen molar-refractivity contribution in [1.82, 2.24) is 19.7 Å². The molecule has 1 aliphatic rings. The van der Waals surface area contributed by atoms with E-state index in [-0.39, 0.29) is 17.7 Å². The van der Waals surface area contributed by atoms with Crippen molar-refractivity contribution in [3.05, 3.63) is 66.2 Å². The number of anilines is 1. The average Bonchev–Trinajstić information content (AvgIpc) is 3.23. The van der Waals surface area contributed by atoms with Crippen LogP contribution in [0.25, 0.3) is 22.2 Å². The fraction of sp³-hybridized carbons (Fsp3) is 0.250. The zero-order chi connectivity index (χ0) is 24.6. The number of imidazole rings is 1. The summed E-state index contributed by atoms with van der Waals surface area (Å²) in [4.78, 5) is 17.9. The van der Waals surface area contributed by atoms with Crippen LogP contribution in [0.2, 0.25) is 0 Å². The second-order valence-electron chi connectivity index (χ2n) is 8.02. The molecule has 11 heteroatoms. The summed E-state index contributed by atoms with van der Waals surface area (Å²) in [6, 6.07) is 10.9. The van der Waals surface area contributed by atoms with Gasteiger partial charge in [-0.15, -0.1) is 8.78 Å². The predicted molar refractivity (Wildman–Crippen MR) is 126 cm³/mol. The lowest BCUT2D eigenvalue weighted by molar-refractivity contribution is -0.0964. The maximum absolute atomic E-state index is 13.1. The first kappa shape index (κ1) is 23.1. The van der Waals surface area contributed by atoms with Crippen molar-refractivity contribution in [2.45, 2.75) is 31.6 Å². The first-order chi connectivity index (χ1) is 16.8. The molecule has 180 valence electrons. The van der Waals surface area contributed by atoms with Gasteiger partial charge < -0.3 is 19.4 Å². The third-order valence-corrected chi connectivity index (χ3v) is 5.82. The number of alkyl halides is 3. The molecule has 0 unspecified atom stereocenters. The third kappa shape index (κ3) is 4.80. The van der Waals surface area contributed by atoms with Crippen LogP contribution in [-0.2, 0) is 11.3 Å². The van der Waals surface area contributed by atoms with Gasteiger partial charge in [-0.2, -0.15) is 10.2 Å². The number of nitrogens with zero attached hydrogens (tertiary/aromatic N) is 4. The second kappa shape index (κ2) is 9.20. The van der Waals surface area contributed by atoms with Crippen molar-refractivity contribution >= 4 is 34.2 Å². The minimum absolute atomic E-state index is 0.123. The number of nitrogens with one attached hydrogen (secondary N) is 1. The quantitative estimate of drug-likeness (QED) is 0.357. The van der Waals surface area contributed by atoms with Gasteiger partial charge >= 0.3 is 5.57 Å². The number of ether oxygens (including phenoxy) is 2. The van der Waals surface area contributed by atoms with E-state index in [9.17, 15) is 13.6 Å². The van der Waals surface area contributed by atoms with Crippen molar-refractivity contribution in [3.8, 4) is 16.9 Å². The van der Waals surface area contributed by atoms with Crippen molar-refractivity contribution in [2.75, 3.05) is 11.9 Å². The Labute approximate surface area is 203 Å². The van der Waals surface area contributed by atoms with Crippen molar-refractivity contribution in [1.29, 1.82) is 0 Å². The largest absolute Gasteiger partial charge is 0.487 e. The summed E-state index contributed by atoms with van der Waals surface area (Å²) in [7, 11) is 0. The molecule has 0 aliphatic carbocycles. The SMILES string of the molecule is CC[C@@H]1COCc2nc3cc(C(=O)Nc4ccc(OC(F)(F)Cl)cc4)cc(-c4ccnnc4)c3n21. The Morgan fingerprint density at radius 2 is 2.06 bits per heavy atom. The average molecular weight is 500 g/mol. The number of amides is 1. The fourth-order valence-corrected chi connectivity index (χ4v) is 4.27. The van der Waals surface area contributed by atoms with Gasteiger partial charge in [-0.25, -0.2) is 4.98 Å². The normalized spacial score (nSPS) is 15.6. The number of carbonyl (C=O) groups excluding carboxylic acids is 1. The molecule has 2 aromatic heterocycles. The van der Waals surface area contributed by atoms with E-state index in [1.807, 2.05) is 6.07 Å². The van der Waals surface area contributed by atoms with Gasteiger partial charge in [0.15, 0.2) is 0 Å². The summed E-state index contributed by atoms with van der Waals surface area (Å²) in [6.45, 7) is 3.06. The molecular weight excluding hydrogens is 480 g/mol. The number of carbonyl (C=O) groups is 1. The molecule has 5 rings (SSSR count). The molecule has 1 atom stereocenters.